The number of nitrogens with two attached hydrogens (primary N) is 2. The van der Waals surface area contributed by atoms with Crippen molar-refractivity contribution in [2.75, 3.05) is 5.88 Å². The molecule has 0 bridgehead atoms. The van der Waals surface area contributed by atoms with Crippen molar-refractivity contribution in [2.45, 2.75) is 6.92 Å². The third-order valence-electron chi connectivity index (χ3n) is 1.03. The van der Waals surface area contributed by atoms with Gasteiger partial charge in [0.05, 0.1) is 5.82 Å². The van der Waals surface area contributed by atoms with Crippen LogP contribution >= 0.6 is 11.6 Å². The van der Waals surface area contributed by atoms with Crippen LogP contribution in [0.15, 0.2) is 23.5 Å². The lowest BCUT2D eigenvalue weighted by Gasteiger charge is -1.95. The van der Waals surface area contributed by atoms with Crippen LogP contribution in [0.2, 0.25) is 0 Å². The van der Waals surface area contributed by atoms with E-state index in [9.17, 15) is 4.79 Å². The quantitative estimate of drug-likeness (QED) is 0.372. The number of hydrogen-bond donors (Lipinski definition) is 2. The minimum absolute atomic E-state index is 0.0981. The smallest absolute Gasteiger partial charge is 0.159 e. The second-order valence-corrected chi connectivity index (χ2v) is 2.32. The molecule has 0 radical (unpaired) electrons. The summed E-state index contributed by atoms with van der Waals surface area (Å²) >= 11 is 5.38. The molecule has 4 N–H and O–H groups in total. The van der Waals surface area contributed by atoms with Gasteiger partial charge in [-0.15, -0.1) is 11.6 Å². The summed E-state index contributed by atoms with van der Waals surface area (Å²) in [6, 6.07) is 0. The first-order valence-electron chi connectivity index (χ1n) is 3.07. The number of rotatable bonds is 3. The number of Topliss-reactive ketones (excluding diaryl/α,β-unsaturated/α-hetero) is 1. The van der Waals surface area contributed by atoms with Gasteiger partial charge in [-0.25, -0.2) is 0 Å². The predicted octanol–water partition coefficient (Wildman–Crippen LogP) is 0.499. The fourth-order valence-corrected chi connectivity index (χ4v) is 0.733. The third kappa shape index (κ3) is 4.44. The number of halogens is 1. The number of carbonyl (C=O) groups is 1. The molecule has 0 aromatic carbocycles. The molecule has 0 unspecified atom stereocenters. The summed E-state index contributed by atoms with van der Waals surface area (Å²) in [5, 5.41) is 0. The molecule has 0 aromatic rings. The van der Waals surface area contributed by atoms with Gasteiger partial charge in [0.1, 0.15) is 0 Å². The van der Waals surface area contributed by atoms with E-state index in [1.165, 1.54) is 13.0 Å². The largest absolute Gasteiger partial charge is 0.386 e. The number of ketones is 1. The van der Waals surface area contributed by atoms with Crippen molar-refractivity contribution in [3.05, 3.63) is 23.5 Å². The van der Waals surface area contributed by atoms with Gasteiger partial charge < -0.3 is 11.5 Å². The average molecular weight is 175 g/mol. The summed E-state index contributed by atoms with van der Waals surface area (Å²) in [6.45, 7) is 1.43. The maximum absolute atomic E-state index is 10.8. The lowest BCUT2D eigenvalue weighted by molar-refractivity contribution is -0.113. The zero-order valence-corrected chi connectivity index (χ0v) is 7.06. The normalized spacial score (nSPS) is 10.9. The fourth-order valence-electron chi connectivity index (χ4n) is 0.567. The first-order chi connectivity index (χ1) is 5.07. The van der Waals surface area contributed by atoms with Crippen LogP contribution < -0.4 is 11.5 Å². The Balaban J connectivity index is 4.50. The lowest BCUT2D eigenvalue weighted by Crippen LogP contribution is -2.09. The Morgan fingerprint density at radius 3 is 2.36 bits per heavy atom. The topological polar surface area (TPSA) is 69.1 Å². The van der Waals surface area contributed by atoms with Crippen molar-refractivity contribution in [3.8, 4) is 0 Å². The van der Waals surface area contributed by atoms with Crippen molar-refractivity contribution < 1.29 is 4.79 Å². The van der Waals surface area contributed by atoms with E-state index < -0.39 is 0 Å². The molecule has 0 spiro atoms. The molecule has 0 aliphatic carbocycles. The fraction of sp³-hybridized carbons (Fsp3) is 0.286. The maximum atomic E-state index is 10.8. The molecule has 0 aromatic heterocycles. The molecule has 62 valence electrons. The number of carbonyl (C=O) groups excluding carboxylic acids is 1. The first-order valence-corrected chi connectivity index (χ1v) is 3.61. The predicted molar refractivity (Wildman–Crippen MR) is 45.9 cm³/mol. The monoisotopic (exact) mass is 174 g/mol. The summed E-state index contributed by atoms with van der Waals surface area (Å²) < 4.78 is 0. The molecule has 0 fully saturated rings. The van der Waals surface area contributed by atoms with Crippen molar-refractivity contribution in [1.82, 2.24) is 0 Å². The van der Waals surface area contributed by atoms with Gasteiger partial charge in [-0.1, -0.05) is 6.08 Å². The number of allylic oxidation sites excluding steroid dienone is 3. The van der Waals surface area contributed by atoms with Crippen LogP contribution in [0.5, 0.6) is 0 Å². The van der Waals surface area contributed by atoms with Crippen molar-refractivity contribution in [3.63, 3.8) is 0 Å². The molecular weight excluding hydrogens is 164 g/mol. The molecule has 0 aliphatic rings. The average Bonchev–Trinajstić information content (AvgIpc) is 1.86. The second kappa shape index (κ2) is 4.79. The zero-order valence-electron chi connectivity index (χ0n) is 6.30. The van der Waals surface area contributed by atoms with Crippen molar-refractivity contribution in [2.24, 2.45) is 11.5 Å². The minimum atomic E-state index is -0.0981. The Hall–Kier alpha value is -0.960. The third-order valence-corrected chi connectivity index (χ3v) is 1.18. The van der Waals surface area contributed by atoms with Crippen LogP contribution in [0, 0.1) is 0 Å². The number of alkyl halides is 1. The molecule has 3 nitrogen and oxygen atoms in total. The van der Waals surface area contributed by atoms with Gasteiger partial charge in [0.15, 0.2) is 5.78 Å². The molecule has 0 aliphatic heterocycles. The van der Waals surface area contributed by atoms with Gasteiger partial charge in [0.25, 0.3) is 0 Å². The van der Waals surface area contributed by atoms with Gasteiger partial charge in [-0.3, -0.25) is 4.79 Å². The zero-order chi connectivity index (χ0) is 8.85. The molecule has 0 rings (SSSR count). The van der Waals surface area contributed by atoms with E-state index in [0.29, 0.717) is 5.57 Å². The van der Waals surface area contributed by atoms with Gasteiger partial charge in [0, 0.05) is 11.5 Å². The standard InChI is InChI=1S/C7H11ClN2O/c1-5(11)6(2-3-8)4-7(9)10/h2,4H,3,9-10H2,1H3/b6-2+. The Morgan fingerprint density at radius 2 is 2.09 bits per heavy atom. The highest BCUT2D eigenvalue weighted by Crippen LogP contribution is 1.99. The molecule has 11 heavy (non-hydrogen) atoms. The van der Waals surface area contributed by atoms with Gasteiger partial charge in [-0.05, 0) is 13.0 Å². The Morgan fingerprint density at radius 1 is 1.55 bits per heavy atom. The van der Waals surface area contributed by atoms with Crippen LogP contribution in [0.3, 0.4) is 0 Å². The van der Waals surface area contributed by atoms with Crippen LogP contribution in [-0.2, 0) is 4.79 Å². The molecule has 0 saturated carbocycles. The summed E-state index contributed by atoms with van der Waals surface area (Å²) in [5.74, 6) is 0.286. The Kier molecular flexibility index (Phi) is 4.38. The second-order valence-electron chi connectivity index (χ2n) is 2.01. The first kappa shape index (κ1) is 10.0. The summed E-state index contributed by atoms with van der Waals surface area (Å²) in [4.78, 5) is 10.8. The van der Waals surface area contributed by atoms with Crippen molar-refractivity contribution in [1.29, 1.82) is 0 Å². The van der Waals surface area contributed by atoms with E-state index in [1.54, 1.807) is 6.08 Å². The van der Waals surface area contributed by atoms with Crippen LogP contribution in [-0.4, -0.2) is 11.7 Å². The van der Waals surface area contributed by atoms with E-state index in [0.717, 1.165) is 0 Å². The molecule has 4 heteroatoms. The van der Waals surface area contributed by atoms with E-state index in [1.807, 2.05) is 0 Å². The van der Waals surface area contributed by atoms with Crippen molar-refractivity contribution >= 4 is 17.4 Å². The highest BCUT2D eigenvalue weighted by molar-refractivity contribution is 6.19. The molecular formula is C7H11ClN2O. The highest BCUT2D eigenvalue weighted by Gasteiger charge is 1.98. The maximum Gasteiger partial charge on any atom is 0.159 e. The lowest BCUT2D eigenvalue weighted by atomic mass is 10.2. The molecule has 0 saturated heterocycles. The molecule has 0 atom stereocenters. The van der Waals surface area contributed by atoms with Gasteiger partial charge in [-0.2, -0.15) is 0 Å². The van der Waals surface area contributed by atoms with E-state index in [-0.39, 0.29) is 17.5 Å². The Labute approximate surface area is 70.7 Å². The molecule has 0 heterocycles. The summed E-state index contributed by atoms with van der Waals surface area (Å²) in [7, 11) is 0. The Bertz CT molecular complexity index is 204. The highest BCUT2D eigenvalue weighted by atomic mass is 35.5. The van der Waals surface area contributed by atoms with E-state index >= 15 is 0 Å². The van der Waals surface area contributed by atoms with Crippen LogP contribution in [0.4, 0.5) is 0 Å². The summed E-state index contributed by atoms with van der Waals surface area (Å²) in [5.41, 5.74) is 10.8. The van der Waals surface area contributed by atoms with Gasteiger partial charge >= 0.3 is 0 Å². The molecule has 0 amide bonds. The van der Waals surface area contributed by atoms with Crippen LogP contribution in [0.1, 0.15) is 6.92 Å². The van der Waals surface area contributed by atoms with Gasteiger partial charge in [0.2, 0.25) is 0 Å². The minimum Gasteiger partial charge on any atom is -0.386 e. The van der Waals surface area contributed by atoms with Crippen LogP contribution in [0.25, 0.3) is 0 Å². The SMILES string of the molecule is CC(=O)/C(C=C(N)N)=C/CCl. The van der Waals surface area contributed by atoms with E-state index in [4.69, 9.17) is 23.1 Å². The van der Waals surface area contributed by atoms with E-state index in [2.05, 4.69) is 0 Å². The number of hydrogen-bond acceptors (Lipinski definition) is 3. The summed E-state index contributed by atoms with van der Waals surface area (Å²) in [6.07, 6.45) is 2.95.